The van der Waals surface area contributed by atoms with Crippen LogP contribution >= 0.6 is 0 Å². The lowest BCUT2D eigenvalue weighted by molar-refractivity contribution is -0.121. The maximum absolute atomic E-state index is 12.7. The van der Waals surface area contributed by atoms with Gasteiger partial charge in [0.05, 0.1) is 12.9 Å². The maximum Gasteiger partial charge on any atom is 0.414 e. The summed E-state index contributed by atoms with van der Waals surface area (Å²) in [6.07, 6.45) is 1.04. The molecule has 1 fully saturated rings. The summed E-state index contributed by atoms with van der Waals surface area (Å²) < 4.78 is 8.57. The van der Waals surface area contributed by atoms with Crippen LogP contribution < -0.4 is 21.5 Å². The molecule has 1 N–H and O–H groups in total. The molecular weight excluding hydrogens is 392 g/mol. The van der Waals surface area contributed by atoms with Crippen LogP contribution in [-0.4, -0.2) is 43.8 Å². The van der Waals surface area contributed by atoms with Crippen molar-refractivity contribution in [2.45, 2.75) is 13.1 Å². The quantitative estimate of drug-likeness (QED) is 0.615. The van der Waals surface area contributed by atoms with Crippen molar-refractivity contribution in [1.29, 1.82) is 0 Å². The summed E-state index contributed by atoms with van der Waals surface area (Å²) >= 11 is 0. The molecule has 3 heterocycles. The number of rotatable bonds is 5. The van der Waals surface area contributed by atoms with E-state index in [2.05, 4.69) is 10.3 Å². The van der Waals surface area contributed by atoms with Crippen molar-refractivity contribution in [2.75, 3.05) is 18.1 Å². The number of fused-ring (bicyclic) bond motifs is 1. The minimum absolute atomic E-state index is 0.179. The van der Waals surface area contributed by atoms with Gasteiger partial charge < -0.3 is 14.6 Å². The molecule has 0 radical (unpaired) electrons. The van der Waals surface area contributed by atoms with Crippen molar-refractivity contribution in [3.63, 3.8) is 0 Å². The standard InChI is InChI=1S/C19H20N6O5/c1-22-11-21-16-15(22)17(27)25(18(28)23(16)2)10-14(26)20-9-12-4-3-5-13(8-12)24-6-7-30-19(24)29/h3-5,8,11H,6-7,9-10H2,1-2H3,(H,20,26). The molecular formula is C19H20N6O5. The molecule has 0 unspecified atom stereocenters. The van der Waals surface area contributed by atoms with Gasteiger partial charge in [-0.2, -0.15) is 0 Å². The molecule has 1 saturated heterocycles. The summed E-state index contributed by atoms with van der Waals surface area (Å²) in [4.78, 5) is 54.9. The van der Waals surface area contributed by atoms with Crippen molar-refractivity contribution >= 4 is 28.9 Å². The molecule has 11 heteroatoms. The fraction of sp³-hybridized carbons (Fsp3) is 0.316. The maximum atomic E-state index is 12.7. The smallest absolute Gasteiger partial charge is 0.414 e. The Kier molecular flexibility index (Phi) is 4.86. The highest BCUT2D eigenvalue weighted by Crippen LogP contribution is 2.19. The molecule has 0 bridgehead atoms. The van der Waals surface area contributed by atoms with Crippen LogP contribution in [0.25, 0.3) is 11.2 Å². The molecule has 156 valence electrons. The first-order valence-corrected chi connectivity index (χ1v) is 9.27. The van der Waals surface area contributed by atoms with Crippen LogP contribution in [0.1, 0.15) is 5.56 Å². The molecule has 0 atom stereocenters. The molecule has 11 nitrogen and oxygen atoms in total. The second-order valence-electron chi connectivity index (χ2n) is 6.97. The number of benzene rings is 1. The predicted molar refractivity (Wildman–Crippen MR) is 107 cm³/mol. The lowest BCUT2D eigenvalue weighted by Crippen LogP contribution is -2.43. The van der Waals surface area contributed by atoms with Crippen molar-refractivity contribution in [2.24, 2.45) is 14.1 Å². The third kappa shape index (κ3) is 3.34. The van der Waals surface area contributed by atoms with Crippen LogP contribution in [0.2, 0.25) is 0 Å². The first-order chi connectivity index (χ1) is 14.4. The number of cyclic esters (lactones) is 1. The Labute approximate surface area is 170 Å². The van der Waals surface area contributed by atoms with Crippen molar-refractivity contribution in [3.8, 4) is 0 Å². The Morgan fingerprint density at radius 3 is 2.77 bits per heavy atom. The van der Waals surface area contributed by atoms with E-state index in [4.69, 9.17) is 4.74 Å². The van der Waals surface area contributed by atoms with E-state index >= 15 is 0 Å². The van der Waals surface area contributed by atoms with Gasteiger partial charge in [0.25, 0.3) is 5.56 Å². The topological polar surface area (TPSA) is 120 Å². The van der Waals surface area contributed by atoms with Gasteiger partial charge >= 0.3 is 11.8 Å². The molecule has 2 amide bonds. The second kappa shape index (κ2) is 7.50. The highest BCUT2D eigenvalue weighted by molar-refractivity contribution is 5.89. The molecule has 4 rings (SSSR count). The minimum Gasteiger partial charge on any atom is -0.447 e. The molecule has 0 aliphatic carbocycles. The Balaban J connectivity index is 1.50. The number of nitrogens with zero attached hydrogens (tertiary/aromatic N) is 5. The molecule has 0 spiro atoms. The van der Waals surface area contributed by atoms with Gasteiger partial charge in [-0.3, -0.25) is 19.1 Å². The SMILES string of the molecule is Cn1cnc2c1c(=O)n(CC(=O)NCc1cccc(N3CCOC3=O)c1)c(=O)n2C. The van der Waals surface area contributed by atoms with Crippen LogP contribution in [0.5, 0.6) is 0 Å². The van der Waals surface area contributed by atoms with Crippen molar-refractivity contribution < 1.29 is 14.3 Å². The van der Waals surface area contributed by atoms with Crippen LogP contribution in [0.3, 0.4) is 0 Å². The number of anilines is 1. The lowest BCUT2D eigenvalue weighted by Gasteiger charge is -2.14. The number of aromatic nitrogens is 4. The van der Waals surface area contributed by atoms with Crippen molar-refractivity contribution in [3.05, 3.63) is 57.0 Å². The van der Waals surface area contributed by atoms with Gasteiger partial charge in [0.2, 0.25) is 5.91 Å². The molecule has 2 aromatic heterocycles. The summed E-state index contributed by atoms with van der Waals surface area (Å²) in [7, 11) is 3.15. The van der Waals surface area contributed by atoms with Gasteiger partial charge in [-0.25, -0.2) is 19.1 Å². The summed E-state index contributed by atoms with van der Waals surface area (Å²) in [5.74, 6) is -0.485. The van der Waals surface area contributed by atoms with E-state index in [1.54, 1.807) is 31.3 Å². The molecule has 30 heavy (non-hydrogen) atoms. The minimum atomic E-state index is -0.615. The molecule has 0 saturated carbocycles. The Morgan fingerprint density at radius 2 is 2.03 bits per heavy atom. The highest BCUT2D eigenvalue weighted by Gasteiger charge is 2.23. The monoisotopic (exact) mass is 412 g/mol. The van der Waals surface area contributed by atoms with E-state index in [1.165, 1.54) is 27.4 Å². The second-order valence-corrected chi connectivity index (χ2v) is 6.97. The molecule has 1 aromatic carbocycles. The first kappa shape index (κ1) is 19.4. The number of hydrogen-bond acceptors (Lipinski definition) is 6. The average Bonchev–Trinajstić information content (AvgIpc) is 3.34. The summed E-state index contributed by atoms with van der Waals surface area (Å²) in [6.45, 7) is 0.575. The van der Waals surface area contributed by atoms with E-state index in [0.717, 1.165) is 10.1 Å². The number of nitrogens with one attached hydrogen (secondary N) is 1. The number of carbonyl (C=O) groups excluding carboxylic acids is 2. The van der Waals surface area contributed by atoms with Gasteiger partial charge in [0, 0.05) is 26.3 Å². The first-order valence-electron chi connectivity index (χ1n) is 9.27. The van der Waals surface area contributed by atoms with E-state index in [1.807, 2.05) is 0 Å². The van der Waals surface area contributed by atoms with Crippen LogP contribution in [0, 0.1) is 0 Å². The normalized spacial score (nSPS) is 13.7. The van der Waals surface area contributed by atoms with Crippen LogP contribution in [0.4, 0.5) is 10.5 Å². The van der Waals surface area contributed by atoms with Crippen LogP contribution in [-0.2, 0) is 36.7 Å². The lowest BCUT2D eigenvalue weighted by atomic mass is 10.2. The average molecular weight is 412 g/mol. The zero-order valence-electron chi connectivity index (χ0n) is 16.5. The van der Waals surface area contributed by atoms with Crippen LogP contribution in [0.15, 0.2) is 40.2 Å². The fourth-order valence-electron chi connectivity index (χ4n) is 3.40. The predicted octanol–water partition coefficient (Wildman–Crippen LogP) is -0.293. The van der Waals surface area contributed by atoms with E-state index in [0.29, 0.717) is 18.8 Å². The Bertz CT molecular complexity index is 1270. The number of imidazole rings is 1. The highest BCUT2D eigenvalue weighted by atomic mass is 16.6. The molecule has 1 aliphatic heterocycles. The molecule has 1 aliphatic rings. The number of ether oxygens (including phenoxy) is 1. The third-order valence-electron chi connectivity index (χ3n) is 4.98. The zero-order valence-corrected chi connectivity index (χ0v) is 16.5. The molecule has 3 aromatic rings. The summed E-state index contributed by atoms with van der Waals surface area (Å²) in [6, 6.07) is 7.14. The summed E-state index contributed by atoms with van der Waals surface area (Å²) in [5, 5.41) is 2.70. The zero-order chi connectivity index (χ0) is 21.4. The van der Waals surface area contributed by atoms with Gasteiger partial charge in [-0.05, 0) is 17.7 Å². The fourth-order valence-corrected chi connectivity index (χ4v) is 3.40. The number of hydrogen-bond donors (Lipinski definition) is 1. The van der Waals surface area contributed by atoms with E-state index < -0.39 is 29.8 Å². The van der Waals surface area contributed by atoms with Gasteiger partial charge in [-0.1, -0.05) is 12.1 Å². The summed E-state index contributed by atoms with van der Waals surface area (Å²) in [5.41, 5.74) is 0.768. The van der Waals surface area contributed by atoms with E-state index in [9.17, 15) is 19.2 Å². The number of carbonyl (C=O) groups is 2. The number of aryl methyl sites for hydroxylation is 2. The Morgan fingerprint density at radius 1 is 1.23 bits per heavy atom. The van der Waals surface area contributed by atoms with E-state index in [-0.39, 0.29) is 17.7 Å². The van der Waals surface area contributed by atoms with Gasteiger partial charge in [0.15, 0.2) is 11.2 Å². The van der Waals surface area contributed by atoms with Gasteiger partial charge in [0.1, 0.15) is 13.2 Å². The van der Waals surface area contributed by atoms with Crippen molar-refractivity contribution in [1.82, 2.24) is 24.0 Å². The van der Waals surface area contributed by atoms with Gasteiger partial charge in [-0.15, -0.1) is 0 Å². The number of amides is 2. The Hall–Kier alpha value is -3.89. The third-order valence-corrected chi connectivity index (χ3v) is 4.98. The largest absolute Gasteiger partial charge is 0.447 e.